The average molecular weight is 418 g/mol. The number of benzene rings is 2. The highest BCUT2D eigenvalue weighted by atomic mass is 15.2. The number of rotatable bonds is 6. The van der Waals surface area contributed by atoms with Gasteiger partial charge >= 0.3 is 0 Å². The van der Waals surface area contributed by atoms with E-state index in [1.165, 1.54) is 22.4 Å². The van der Waals surface area contributed by atoms with Crippen LogP contribution in [0.1, 0.15) is 29.5 Å². The second kappa shape index (κ2) is 10.5. The van der Waals surface area contributed by atoms with E-state index in [4.69, 9.17) is 0 Å². The van der Waals surface area contributed by atoms with Gasteiger partial charge in [0.25, 0.3) is 0 Å². The van der Waals surface area contributed by atoms with Crippen LogP contribution in [0.3, 0.4) is 0 Å². The summed E-state index contributed by atoms with van der Waals surface area (Å²) in [5.74, 6) is 0.894. The molecule has 1 saturated heterocycles. The maximum absolute atomic E-state index is 4.46. The minimum absolute atomic E-state index is 0.473. The Kier molecular flexibility index (Phi) is 7.26. The third kappa shape index (κ3) is 5.88. The number of guanidine groups is 1. The summed E-state index contributed by atoms with van der Waals surface area (Å²) in [6.07, 6.45) is 6.74. The van der Waals surface area contributed by atoms with Gasteiger partial charge in [-0.15, -0.1) is 0 Å². The summed E-state index contributed by atoms with van der Waals surface area (Å²) in [5, 5.41) is 7.13. The van der Waals surface area contributed by atoms with Crippen LogP contribution in [-0.2, 0) is 13.1 Å². The summed E-state index contributed by atoms with van der Waals surface area (Å²) >= 11 is 0. The Labute approximate surface area is 186 Å². The van der Waals surface area contributed by atoms with E-state index in [1.807, 2.05) is 7.05 Å². The number of hydrogen-bond donors (Lipinski definition) is 2. The van der Waals surface area contributed by atoms with E-state index in [1.54, 1.807) is 0 Å². The number of hydrogen-bond acceptors (Lipinski definition) is 3. The molecular weight excluding hydrogens is 382 g/mol. The molecule has 164 valence electrons. The maximum Gasteiger partial charge on any atom is 0.191 e. The molecule has 0 atom stereocenters. The molecule has 0 spiro atoms. The van der Waals surface area contributed by atoms with Crippen molar-refractivity contribution in [2.45, 2.75) is 38.9 Å². The maximum atomic E-state index is 4.46. The molecule has 2 N–H and O–H groups in total. The van der Waals surface area contributed by atoms with Gasteiger partial charge in [-0.3, -0.25) is 9.89 Å². The van der Waals surface area contributed by atoms with Crippen LogP contribution in [-0.4, -0.2) is 50.1 Å². The molecule has 31 heavy (non-hydrogen) atoms. The monoisotopic (exact) mass is 417 g/mol. The summed E-state index contributed by atoms with van der Waals surface area (Å²) in [6, 6.07) is 18.0. The van der Waals surface area contributed by atoms with Crippen molar-refractivity contribution < 1.29 is 0 Å². The lowest BCUT2D eigenvalue weighted by Crippen LogP contribution is -2.48. The van der Waals surface area contributed by atoms with Crippen LogP contribution in [0.15, 0.2) is 65.7 Å². The highest BCUT2D eigenvalue weighted by Gasteiger charge is 2.20. The molecule has 1 fully saturated rings. The lowest BCUT2D eigenvalue weighted by Gasteiger charge is -2.33. The summed E-state index contributed by atoms with van der Waals surface area (Å²) in [6.45, 7) is 8.28. The van der Waals surface area contributed by atoms with Crippen molar-refractivity contribution in [3.05, 3.63) is 77.4 Å². The Balaban J connectivity index is 1.23. The first-order chi connectivity index (χ1) is 15.2. The Morgan fingerprint density at radius 3 is 2.55 bits per heavy atom. The van der Waals surface area contributed by atoms with E-state index in [0.717, 1.165) is 58.1 Å². The molecule has 0 radical (unpaired) electrons. The second-order valence-corrected chi connectivity index (χ2v) is 8.59. The fourth-order valence-corrected chi connectivity index (χ4v) is 4.39. The Bertz CT molecular complexity index is 904. The molecule has 2 aromatic rings. The van der Waals surface area contributed by atoms with Crippen molar-refractivity contribution in [1.82, 2.24) is 15.5 Å². The molecule has 2 aromatic carbocycles. The average Bonchev–Trinajstić information content (AvgIpc) is 3.35. The van der Waals surface area contributed by atoms with Crippen LogP contribution in [0.2, 0.25) is 0 Å². The number of piperidine rings is 1. The number of nitrogens with one attached hydrogen (secondary N) is 2. The molecule has 2 aliphatic rings. The molecule has 0 aromatic heterocycles. The molecule has 0 amide bonds. The predicted molar refractivity (Wildman–Crippen MR) is 131 cm³/mol. The Hall–Kier alpha value is -2.79. The van der Waals surface area contributed by atoms with Crippen molar-refractivity contribution in [3.8, 4) is 0 Å². The molecule has 2 aliphatic heterocycles. The quantitative estimate of drug-likeness (QED) is 0.427. The van der Waals surface area contributed by atoms with Crippen molar-refractivity contribution in [1.29, 1.82) is 0 Å². The number of likely N-dealkylation sites (tertiary alicyclic amines) is 1. The minimum Gasteiger partial charge on any atom is -0.364 e. The Morgan fingerprint density at radius 1 is 1.03 bits per heavy atom. The molecule has 0 unspecified atom stereocenters. The van der Waals surface area contributed by atoms with Crippen LogP contribution in [0, 0.1) is 6.92 Å². The molecule has 0 aliphatic carbocycles. The highest BCUT2D eigenvalue weighted by molar-refractivity contribution is 5.80. The zero-order chi connectivity index (χ0) is 21.5. The number of nitrogens with zero attached hydrogens (tertiary/aromatic N) is 3. The molecule has 5 nitrogen and oxygen atoms in total. The van der Waals surface area contributed by atoms with E-state index < -0.39 is 0 Å². The summed E-state index contributed by atoms with van der Waals surface area (Å²) in [4.78, 5) is 9.40. The van der Waals surface area contributed by atoms with Gasteiger partial charge in [-0.1, -0.05) is 48.6 Å². The number of aryl methyl sites for hydroxylation is 1. The van der Waals surface area contributed by atoms with Crippen molar-refractivity contribution >= 4 is 11.6 Å². The summed E-state index contributed by atoms with van der Waals surface area (Å²) < 4.78 is 0. The zero-order valence-electron chi connectivity index (χ0n) is 18.8. The highest BCUT2D eigenvalue weighted by Crippen LogP contribution is 2.19. The van der Waals surface area contributed by atoms with Gasteiger partial charge < -0.3 is 15.5 Å². The SMILES string of the molecule is CN=C(NCc1cccc(N2CC=CC2)c1)NC1CCN(Cc2ccccc2C)CC1. The van der Waals surface area contributed by atoms with Crippen LogP contribution < -0.4 is 15.5 Å². The molecule has 0 saturated carbocycles. The van der Waals surface area contributed by atoms with Gasteiger partial charge in [0.1, 0.15) is 0 Å². The third-order valence-electron chi connectivity index (χ3n) is 6.36. The van der Waals surface area contributed by atoms with Gasteiger partial charge in [0, 0.05) is 58.0 Å². The largest absolute Gasteiger partial charge is 0.364 e. The van der Waals surface area contributed by atoms with Gasteiger partial charge in [-0.05, 0) is 48.6 Å². The molecule has 4 rings (SSSR count). The third-order valence-corrected chi connectivity index (χ3v) is 6.36. The normalized spacial score (nSPS) is 17.9. The summed E-state index contributed by atoms with van der Waals surface area (Å²) in [7, 11) is 1.86. The van der Waals surface area contributed by atoms with Crippen LogP contribution >= 0.6 is 0 Å². The van der Waals surface area contributed by atoms with Crippen LogP contribution in [0.25, 0.3) is 0 Å². The second-order valence-electron chi connectivity index (χ2n) is 8.59. The molecular formula is C26H35N5. The number of aliphatic imine (C=N–C) groups is 1. The van der Waals surface area contributed by atoms with Crippen LogP contribution in [0.4, 0.5) is 5.69 Å². The lowest BCUT2D eigenvalue weighted by molar-refractivity contribution is 0.198. The van der Waals surface area contributed by atoms with Gasteiger partial charge in [0.2, 0.25) is 0 Å². The minimum atomic E-state index is 0.473. The van der Waals surface area contributed by atoms with E-state index >= 15 is 0 Å². The first-order valence-corrected chi connectivity index (χ1v) is 11.4. The molecule has 5 heteroatoms. The first kappa shape index (κ1) is 21.4. The van der Waals surface area contributed by atoms with Crippen molar-refractivity contribution in [2.24, 2.45) is 4.99 Å². The van der Waals surface area contributed by atoms with Crippen molar-refractivity contribution in [3.63, 3.8) is 0 Å². The smallest absolute Gasteiger partial charge is 0.191 e. The number of anilines is 1. The first-order valence-electron chi connectivity index (χ1n) is 11.4. The van der Waals surface area contributed by atoms with Gasteiger partial charge in [-0.2, -0.15) is 0 Å². The van der Waals surface area contributed by atoms with E-state index in [2.05, 4.69) is 93.0 Å². The van der Waals surface area contributed by atoms with E-state index in [0.29, 0.717) is 6.04 Å². The summed E-state index contributed by atoms with van der Waals surface area (Å²) in [5.41, 5.74) is 5.39. The van der Waals surface area contributed by atoms with Crippen molar-refractivity contribution in [2.75, 3.05) is 38.1 Å². The predicted octanol–water partition coefficient (Wildman–Crippen LogP) is 3.70. The fourth-order valence-electron chi connectivity index (χ4n) is 4.39. The standard InChI is InChI=1S/C26H35N5/c1-21-8-3-4-10-23(21)20-30-16-12-24(13-17-30)29-26(27-2)28-19-22-9-7-11-25(18-22)31-14-5-6-15-31/h3-11,18,24H,12-17,19-20H2,1-2H3,(H2,27,28,29). The lowest BCUT2D eigenvalue weighted by atomic mass is 10.0. The molecule has 2 heterocycles. The van der Waals surface area contributed by atoms with Crippen LogP contribution in [0.5, 0.6) is 0 Å². The fraction of sp³-hybridized carbons (Fsp3) is 0.423. The van der Waals surface area contributed by atoms with Gasteiger partial charge in [0.15, 0.2) is 5.96 Å². The topological polar surface area (TPSA) is 42.9 Å². The Morgan fingerprint density at radius 2 is 1.81 bits per heavy atom. The zero-order valence-corrected chi connectivity index (χ0v) is 18.8. The van der Waals surface area contributed by atoms with E-state index in [-0.39, 0.29) is 0 Å². The van der Waals surface area contributed by atoms with E-state index in [9.17, 15) is 0 Å². The molecule has 0 bridgehead atoms. The van der Waals surface area contributed by atoms with Gasteiger partial charge in [-0.25, -0.2) is 0 Å². The van der Waals surface area contributed by atoms with Gasteiger partial charge in [0.05, 0.1) is 0 Å².